The first-order valence-electron chi connectivity index (χ1n) is 7.86. The van der Waals surface area contributed by atoms with Crippen LogP contribution in [0.2, 0.25) is 0 Å². The molecule has 2 aromatic carbocycles. The van der Waals surface area contributed by atoms with E-state index in [9.17, 15) is 14.9 Å². The highest BCUT2D eigenvalue weighted by Gasteiger charge is 2.40. The molecule has 6 heteroatoms. The minimum absolute atomic E-state index is 0.268. The van der Waals surface area contributed by atoms with Crippen molar-refractivity contribution in [2.24, 2.45) is 5.92 Å². The van der Waals surface area contributed by atoms with E-state index in [0.717, 1.165) is 5.56 Å². The van der Waals surface area contributed by atoms with Crippen molar-refractivity contribution < 1.29 is 4.79 Å². The van der Waals surface area contributed by atoms with Gasteiger partial charge in [-0.1, -0.05) is 48.5 Å². The molecule has 6 nitrogen and oxygen atoms in total. The van der Waals surface area contributed by atoms with Gasteiger partial charge in [-0.25, -0.2) is 4.68 Å². The molecule has 1 aliphatic rings. The average molecular weight is 330 g/mol. The lowest BCUT2D eigenvalue weighted by Crippen LogP contribution is -2.35. The number of carbonyl (C=O) groups is 1. The molecule has 1 aliphatic heterocycles. The number of aromatic nitrogens is 2. The fourth-order valence-corrected chi connectivity index (χ4v) is 3.26. The zero-order chi connectivity index (χ0) is 17.4. The monoisotopic (exact) mass is 330 g/mol. The highest BCUT2D eigenvalue weighted by Crippen LogP contribution is 2.38. The lowest BCUT2D eigenvalue weighted by molar-refractivity contribution is -0.119. The Balaban J connectivity index is 1.95. The third kappa shape index (κ3) is 2.34. The number of rotatable bonds is 2. The Morgan fingerprint density at radius 2 is 1.60 bits per heavy atom. The summed E-state index contributed by atoms with van der Waals surface area (Å²) in [5.41, 5.74) is 1.56. The highest BCUT2D eigenvalue weighted by atomic mass is 16.2. The number of para-hydroxylation sites is 1. The van der Waals surface area contributed by atoms with Crippen molar-refractivity contribution in [1.82, 2.24) is 9.78 Å². The fourth-order valence-electron chi connectivity index (χ4n) is 3.26. The molecule has 0 fully saturated rings. The first-order valence-corrected chi connectivity index (χ1v) is 7.86. The number of fused-ring (bicyclic) bond motifs is 1. The Morgan fingerprint density at radius 1 is 0.960 bits per heavy atom. The SMILES string of the molecule is N#C[C@@H]1C(=O)Nc2[nH]n(-c3ccccc3)c(=O)c2[C@@H]1c1ccccc1. The molecule has 0 saturated carbocycles. The van der Waals surface area contributed by atoms with Crippen LogP contribution in [0.25, 0.3) is 5.69 Å². The molecule has 0 unspecified atom stereocenters. The van der Waals surface area contributed by atoms with Gasteiger partial charge in [-0.05, 0) is 17.7 Å². The van der Waals surface area contributed by atoms with Crippen molar-refractivity contribution in [2.75, 3.05) is 5.32 Å². The van der Waals surface area contributed by atoms with Crippen molar-refractivity contribution in [3.63, 3.8) is 0 Å². The van der Waals surface area contributed by atoms with Crippen molar-refractivity contribution in [3.8, 4) is 11.8 Å². The molecule has 4 rings (SSSR count). The predicted octanol–water partition coefficient (Wildman–Crippen LogP) is 2.39. The largest absolute Gasteiger partial charge is 0.310 e. The smallest absolute Gasteiger partial charge is 0.277 e. The number of aromatic amines is 1. The van der Waals surface area contributed by atoms with Gasteiger partial charge in [0, 0.05) is 5.92 Å². The summed E-state index contributed by atoms with van der Waals surface area (Å²) in [6.45, 7) is 0. The zero-order valence-electron chi connectivity index (χ0n) is 13.1. The van der Waals surface area contributed by atoms with Crippen LogP contribution in [-0.4, -0.2) is 15.7 Å². The number of anilines is 1. The van der Waals surface area contributed by atoms with Crippen LogP contribution in [0, 0.1) is 17.2 Å². The van der Waals surface area contributed by atoms with E-state index in [2.05, 4.69) is 10.4 Å². The van der Waals surface area contributed by atoms with E-state index in [0.29, 0.717) is 17.1 Å². The number of carbonyl (C=O) groups excluding carboxylic acids is 1. The Hall–Kier alpha value is -3.59. The van der Waals surface area contributed by atoms with Gasteiger partial charge in [0.15, 0.2) is 0 Å². The zero-order valence-corrected chi connectivity index (χ0v) is 13.1. The Kier molecular flexibility index (Phi) is 3.47. The molecule has 122 valence electrons. The van der Waals surface area contributed by atoms with Crippen molar-refractivity contribution in [2.45, 2.75) is 5.92 Å². The molecule has 0 aliphatic carbocycles. The third-order valence-corrected chi connectivity index (χ3v) is 4.41. The van der Waals surface area contributed by atoms with E-state index in [4.69, 9.17) is 0 Å². The summed E-state index contributed by atoms with van der Waals surface area (Å²) in [7, 11) is 0. The van der Waals surface area contributed by atoms with Crippen LogP contribution in [0.5, 0.6) is 0 Å². The van der Waals surface area contributed by atoms with E-state index < -0.39 is 17.7 Å². The molecule has 1 amide bonds. The van der Waals surface area contributed by atoms with E-state index in [1.54, 1.807) is 12.1 Å². The number of H-pyrrole nitrogens is 1. The number of hydrogen-bond donors (Lipinski definition) is 2. The van der Waals surface area contributed by atoms with Crippen LogP contribution in [0.15, 0.2) is 65.5 Å². The minimum Gasteiger partial charge on any atom is -0.310 e. The van der Waals surface area contributed by atoms with Crippen LogP contribution < -0.4 is 10.9 Å². The number of nitrogens with one attached hydrogen (secondary N) is 2. The predicted molar refractivity (Wildman–Crippen MR) is 92.4 cm³/mol. The molecule has 25 heavy (non-hydrogen) atoms. The second kappa shape index (κ2) is 5.80. The van der Waals surface area contributed by atoms with Crippen molar-refractivity contribution in [3.05, 3.63) is 82.1 Å². The van der Waals surface area contributed by atoms with Gasteiger partial charge in [0.05, 0.1) is 17.3 Å². The Labute approximate surface area is 143 Å². The van der Waals surface area contributed by atoms with Crippen LogP contribution in [0.3, 0.4) is 0 Å². The second-order valence-electron chi connectivity index (χ2n) is 5.86. The van der Waals surface area contributed by atoms with Gasteiger partial charge in [0.1, 0.15) is 11.7 Å². The molecule has 0 spiro atoms. The molecular weight excluding hydrogens is 316 g/mol. The molecular formula is C19H14N4O2. The van der Waals surface area contributed by atoms with E-state index >= 15 is 0 Å². The van der Waals surface area contributed by atoms with Gasteiger partial charge >= 0.3 is 0 Å². The topological polar surface area (TPSA) is 90.7 Å². The van der Waals surface area contributed by atoms with Crippen LogP contribution in [-0.2, 0) is 4.79 Å². The molecule has 1 aromatic heterocycles. The van der Waals surface area contributed by atoms with E-state index in [1.807, 2.05) is 54.6 Å². The average Bonchev–Trinajstić information content (AvgIpc) is 2.98. The fraction of sp³-hybridized carbons (Fsp3) is 0.105. The van der Waals surface area contributed by atoms with E-state index in [-0.39, 0.29) is 5.56 Å². The Bertz CT molecular complexity index is 1030. The maximum absolute atomic E-state index is 13.0. The minimum atomic E-state index is -0.956. The first-order chi connectivity index (χ1) is 12.2. The van der Waals surface area contributed by atoms with Crippen LogP contribution >= 0.6 is 0 Å². The summed E-state index contributed by atoms with van der Waals surface area (Å²) in [6, 6.07) is 20.3. The molecule has 0 radical (unpaired) electrons. The molecule has 0 bridgehead atoms. The quantitative estimate of drug-likeness (QED) is 0.756. The summed E-state index contributed by atoms with van der Waals surface area (Å²) in [6.07, 6.45) is 0. The van der Waals surface area contributed by atoms with Gasteiger partial charge in [0.25, 0.3) is 5.56 Å². The number of nitriles is 1. The lowest BCUT2D eigenvalue weighted by atomic mass is 9.79. The first kappa shape index (κ1) is 15.0. The van der Waals surface area contributed by atoms with Crippen LogP contribution in [0.4, 0.5) is 5.82 Å². The van der Waals surface area contributed by atoms with Crippen molar-refractivity contribution in [1.29, 1.82) is 5.26 Å². The second-order valence-corrected chi connectivity index (χ2v) is 5.86. The molecule has 2 atom stereocenters. The number of benzene rings is 2. The summed E-state index contributed by atoms with van der Waals surface area (Å²) in [5, 5.41) is 15.1. The summed E-state index contributed by atoms with van der Waals surface area (Å²) < 4.78 is 1.39. The maximum atomic E-state index is 13.0. The molecule has 2 heterocycles. The standard InChI is InChI=1S/C19H14N4O2/c20-11-14-15(12-7-3-1-4-8-12)16-17(21-18(14)24)22-23(19(16)25)13-9-5-2-6-10-13/h1-10,14-15,22H,(H,21,24)/t14-,15+/m0/s1. The van der Waals surface area contributed by atoms with Gasteiger partial charge in [-0.2, -0.15) is 5.26 Å². The summed E-state index contributed by atoms with van der Waals surface area (Å²) in [4.78, 5) is 25.4. The lowest BCUT2D eigenvalue weighted by Gasteiger charge is -2.25. The number of amides is 1. The summed E-state index contributed by atoms with van der Waals surface area (Å²) in [5.74, 6) is -1.63. The highest BCUT2D eigenvalue weighted by molar-refractivity contribution is 5.97. The van der Waals surface area contributed by atoms with E-state index in [1.165, 1.54) is 4.68 Å². The molecule has 3 aromatic rings. The maximum Gasteiger partial charge on any atom is 0.277 e. The van der Waals surface area contributed by atoms with Gasteiger partial charge in [0.2, 0.25) is 5.91 Å². The van der Waals surface area contributed by atoms with Crippen molar-refractivity contribution >= 4 is 11.7 Å². The van der Waals surface area contributed by atoms with Crippen LogP contribution in [0.1, 0.15) is 17.0 Å². The Morgan fingerprint density at radius 3 is 2.24 bits per heavy atom. The summed E-state index contributed by atoms with van der Waals surface area (Å²) >= 11 is 0. The van der Waals surface area contributed by atoms with Gasteiger partial charge in [-0.15, -0.1) is 0 Å². The molecule has 2 N–H and O–H groups in total. The molecule has 0 saturated heterocycles. The number of hydrogen-bond acceptors (Lipinski definition) is 3. The number of nitrogens with zero attached hydrogens (tertiary/aromatic N) is 2. The third-order valence-electron chi connectivity index (χ3n) is 4.41. The van der Waals surface area contributed by atoms with Gasteiger partial charge in [-0.3, -0.25) is 14.7 Å². The van der Waals surface area contributed by atoms with Gasteiger partial charge < -0.3 is 5.32 Å². The normalized spacial score (nSPS) is 18.9.